The lowest BCUT2D eigenvalue weighted by Crippen LogP contribution is -2.22. The van der Waals surface area contributed by atoms with Gasteiger partial charge in [-0.3, -0.25) is 9.78 Å². The molecular formula is C12H18N2O2. The molecule has 4 heteroatoms. The summed E-state index contributed by atoms with van der Waals surface area (Å²) in [6.07, 6.45) is 4.30. The zero-order chi connectivity index (χ0) is 12.0. The Hall–Kier alpha value is -1.42. The van der Waals surface area contributed by atoms with E-state index in [1.807, 2.05) is 13.8 Å². The van der Waals surface area contributed by atoms with Crippen molar-refractivity contribution >= 4 is 5.78 Å². The van der Waals surface area contributed by atoms with Crippen molar-refractivity contribution in [2.45, 2.75) is 32.7 Å². The highest BCUT2D eigenvalue weighted by Gasteiger charge is 2.11. The van der Waals surface area contributed by atoms with Crippen LogP contribution in [0.15, 0.2) is 18.5 Å². The summed E-state index contributed by atoms with van der Waals surface area (Å²) in [7, 11) is 0. The van der Waals surface area contributed by atoms with E-state index in [0.29, 0.717) is 24.3 Å². The van der Waals surface area contributed by atoms with Crippen molar-refractivity contribution in [3.05, 3.63) is 24.0 Å². The third kappa shape index (κ3) is 3.62. The van der Waals surface area contributed by atoms with Crippen molar-refractivity contribution < 1.29 is 9.53 Å². The molecule has 0 bridgehead atoms. The second-order valence-electron chi connectivity index (χ2n) is 3.64. The Bertz CT molecular complexity index is 353. The standard InChI is InChI=1S/C12H18N2O2/c1-3-10(13)6-12(15)9-5-11(16-4-2)8-14-7-9/h5,7-8,10H,3-4,6,13H2,1-2H3. The van der Waals surface area contributed by atoms with Gasteiger partial charge in [-0.2, -0.15) is 0 Å². The number of carbonyl (C=O) groups excluding carboxylic acids is 1. The Morgan fingerprint density at radius 3 is 2.88 bits per heavy atom. The maximum atomic E-state index is 11.8. The largest absolute Gasteiger partial charge is 0.492 e. The van der Waals surface area contributed by atoms with Crippen molar-refractivity contribution in [2.75, 3.05) is 6.61 Å². The summed E-state index contributed by atoms with van der Waals surface area (Å²) >= 11 is 0. The van der Waals surface area contributed by atoms with Crippen LogP contribution in [0, 0.1) is 0 Å². The van der Waals surface area contributed by atoms with Crippen molar-refractivity contribution in [1.82, 2.24) is 4.98 Å². The lowest BCUT2D eigenvalue weighted by molar-refractivity contribution is 0.0973. The molecule has 1 aromatic rings. The van der Waals surface area contributed by atoms with Gasteiger partial charge in [-0.15, -0.1) is 0 Å². The average Bonchev–Trinajstić information content (AvgIpc) is 2.29. The number of ketones is 1. The zero-order valence-corrected chi connectivity index (χ0v) is 9.77. The summed E-state index contributed by atoms with van der Waals surface area (Å²) in [5, 5.41) is 0. The molecule has 1 unspecified atom stereocenters. The minimum atomic E-state index is -0.0803. The fourth-order valence-electron chi connectivity index (χ4n) is 1.32. The quantitative estimate of drug-likeness (QED) is 0.745. The monoisotopic (exact) mass is 222 g/mol. The number of ether oxygens (including phenoxy) is 1. The van der Waals surface area contributed by atoms with Gasteiger partial charge in [-0.25, -0.2) is 0 Å². The maximum Gasteiger partial charge on any atom is 0.166 e. The molecule has 0 saturated carbocycles. The van der Waals surface area contributed by atoms with Crippen LogP contribution in [0.25, 0.3) is 0 Å². The van der Waals surface area contributed by atoms with Crippen LogP contribution in [0.2, 0.25) is 0 Å². The summed E-state index contributed by atoms with van der Waals surface area (Å²) < 4.78 is 5.28. The van der Waals surface area contributed by atoms with Crippen LogP contribution in [0.3, 0.4) is 0 Å². The van der Waals surface area contributed by atoms with Crippen LogP contribution in [0.1, 0.15) is 37.0 Å². The van der Waals surface area contributed by atoms with E-state index >= 15 is 0 Å². The van der Waals surface area contributed by atoms with E-state index in [1.54, 1.807) is 18.5 Å². The van der Waals surface area contributed by atoms with E-state index in [2.05, 4.69) is 4.98 Å². The van der Waals surface area contributed by atoms with Gasteiger partial charge in [0.25, 0.3) is 0 Å². The summed E-state index contributed by atoms with van der Waals surface area (Å²) in [6, 6.07) is 1.63. The highest BCUT2D eigenvalue weighted by molar-refractivity contribution is 5.96. The number of nitrogens with two attached hydrogens (primary N) is 1. The van der Waals surface area contributed by atoms with Gasteiger partial charge >= 0.3 is 0 Å². The van der Waals surface area contributed by atoms with Crippen LogP contribution in [-0.2, 0) is 0 Å². The molecule has 1 atom stereocenters. The highest BCUT2D eigenvalue weighted by Crippen LogP contribution is 2.13. The Morgan fingerprint density at radius 1 is 1.50 bits per heavy atom. The third-order valence-corrected chi connectivity index (χ3v) is 2.32. The molecule has 0 radical (unpaired) electrons. The number of Topliss-reactive ketones (excluding diaryl/α,β-unsaturated/α-hetero) is 1. The summed E-state index contributed by atoms with van der Waals surface area (Å²) in [5.74, 6) is 0.641. The van der Waals surface area contributed by atoms with E-state index in [1.165, 1.54) is 0 Å². The van der Waals surface area contributed by atoms with Gasteiger partial charge in [0, 0.05) is 24.2 Å². The fraction of sp³-hybridized carbons (Fsp3) is 0.500. The zero-order valence-electron chi connectivity index (χ0n) is 9.77. The maximum absolute atomic E-state index is 11.8. The van der Waals surface area contributed by atoms with Gasteiger partial charge in [-0.05, 0) is 19.4 Å². The first-order chi connectivity index (χ1) is 7.67. The predicted molar refractivity (Wildman–Crippen MR) is 62.6 cm³/mol. The Balaban J connectivity index is 2.71. The van der Waals surface area contributed by atoms with Crippen LogP contribution in [0.4, 0.5) is 0 Å². The van der Waals surface area contributed by atoms with E-state index < -0.39 is 0 Å². The van der Waals surface area contributed by atoms with Crippen molar-refractivity contribution in [2.24, 2.45) is 5.73 Å². The molecule has 0 aromatic carbocycles. The number of rotatable bonds is 6. The number of carbonyl (C=O) groups is 1. The molecule has 16 heavy (non-hydrogen) atoms. The number of hydrogen-bond acceptors (Lipinski definition) is 4. The molecule has 0 fully saturated rings. The normalized spacial score (nSPS) is 12.2. The minimum absolute atomic E-state index is 0.0170. The van der Waals surface area contributed by atoms with Crippen LogP contribution >= 0.6 is 0 Å². The molecule has 0 aliphatic rings. The van der Waals surface area contributed by atoms with Crippen LogP contribution in [0.5, 0.6) is 5.75 Å². The lowest BCUT2D eigenvalue weighted by Gasteiger charge is -2.08. The number of nitrogens with zero attached hydrogens (tertiary/aromatic N) is 1. The first-order valence-electron chi connectivity index (χ1n) is 5.54. The van der Waals surface area contributed by atoms with Gasteiger partial charge in [-0.1, -0.05) is 6.92 Å². The van der Waals surface area contributed by atoms with E-state index in [9.17, 15) is 4.79 Å². The SMILES string of the molecule is CCOc1cncc(C(=O)CC(N)CC)c1. The van der Waals surface area contributed by atoms with E-state index in [0.717, 1.165) is 6.42 Å². The molecule has 4 nitrogen and oxygen atoms in total. The molecule has 0 aliphatic carbocycles. The van der Waals surface area contributed by atoms with Crippen LogP contribution < -0.4 is 10.5 Å². The first-order valence-corrected chi connectivity index (χ1v) is 5.54. The Labute approximate surface area is 95.8 Å². The summed E-state index contributed by atoms with van der Waals surface area (Å²) in [6.45, 7) is 4.42. The van der Waals surface area contributed by atoms with Gasteiger partial charge in [0.05, 0.1) is 12.8 Å². The van der Waals surface area contributed by atoms with Crippen molar-refractivity contribution in [1.29, 1.82) is 0 Å². The van der Waals surface area contributed by atoms with Gasteiger partial charge in [0.2, 0.25) is 0 Å². The molecule has 1 rings (SSSR count). The Morgan fingerprint density at radius 2 is 2.25 bits per heavy atom. The molecule has 2 N–H and O–H groups in total. The number of hydrogen-bond donors (Lipinski definition) is 1. The first kappa shape index (κ1) is 12.6. The van der Waals surface area contributed by atoms with Crippen molar-refractivity contribution in [3.63, 3.8) is 0 Å². The fourth-order valence-corrected chi connectivity index (χ4v) is 1.32. The average molecular weight is 222 g/mol. The topological polar surface area (TPSA) is 65.2 Å². The molecule has 0 saturated heterocycles. The summed E-state index contributed by atoms with van der Waals surface area (Å²) in [5.41, 5.74) is 6.30. The summed E-state index contributed by atoms with van der Waals surface area (Å²) in [4.78, 5) is 15.8. The minimum Gasteiger partial charge on any atom is -0.492 e. The number of pyridine rings is 1. The lowest BCUT2D eigenvalue weighted by atomic mass is 10.0. The van der Waals surface area contributed by atoms with Crippen molar-refractivity contribution in [3.8, 4) is 5.75 Å². The molecule has 1 aromatic heterocycles. The smallest absolute Gasteiger partial charge is 0.166 e. The van der Waals surface area contributed by atoms with Gasteiger partial charge in [0.1, 0.15) is 5.75 Å². The van der Waals surface area contributed by atoms with Gasteiger partial charge in [0.15, 0.2) is 5.78 Å². The predicted octanol–water partition coefficient (Wildman–Crippen LogP) is 1.79. The second kappa shape index (κ2) is 6.23. The second-order valence-corrected chi connectivity index (χ2v) is 3.64. The molecule has 0 amide bonds. The highest BCUT2D eigenvalue weighted by atomic mass is 16.5. The molecule has 0 aliphatic heterocycles. The van der Waals surface area contributed by atoms with Gasteiger partial charge < -0.3 is 10.5 Å². The Kier molecular flexibility index (Phi) is 4.92. The van der Waals surface area contributed by atoms with Crippen LogP contribution in [-0.4, -0.2) is 23.4 Å². The van der Waals surface area contributed by atoms with E-state index in [-0.39, 0.29) is 11.8 Å². The number of aromatic nitrogens is 1. The molecule has 0 spiro atoms. The van der Waals surface area contributed by atoms with E-state index in [4.69, 9.17) is 10.5 Å². The molecule has 88 valence electrons. The molecular weight excluding hydrogens is 204 g/mol. The third-order valence-electron chi connectivity index (χ3n) is 2.32. The molecule has 1 heterocycles.